The van der Waals surface area contributed by atoms with E-state index in [1.165, 1.54) is 0 Å². The SMILES string of the molecule is Cc1ccc(N2CC3(CCN(S(=O)(=O)Cc4ccccc4)C3)CC2=O)cc1. The Hall–Kier alpha value is -2.18. The molecule has 2 heterocycles. The van der Waals surface area contributed by atoms with Crippen LogP contribution in [0.15, 0.2) is 54.6 Å². The second-order valence-corrected chi connectivity index (χ2v) is 9.79. The number of hydrogen-bond acceptors (Lipinski definition) is 3. The Morgan fingerprint density at radius 2 is 1.70 bits per heavy atom. The van der Waals surface area contributed by atoms with Gasteiger partial charge >= 0.3 is 0 Å². The van der Waals surface area contributed by atoms with Crippen LogP contribution in [-0.2, 0) is 20.6 Å². The fourth-order valence-electron chi connectivity index (χ4n) is 4.14. The molecule has 2 aromatic carbocycles. The molecule has 1 atom stereocenters. The second-order valence-electron chi connectivity index (χ2n) is 7.82. The summed E-state index contributed by atoms with van der Waals surface area (Å²) in [4.78, 5) is 14.4. The average molecular weight is 385 g/mol. The Labute approximate surface area is 160 Å². The van der Waals surface area contributed by atoms with E-state index < -0.39 is 10.0 Å². The van der Waals surface area contributed by atoms with Gasteiger partial charge in [-0.05, 0) is 31.0 Å². The van der Waals surface area contributed by atoms with Crippen molar-refractivity contribution >= 4 is 21.6 Å². The number of carbonyl (C=O) groups excluding carboxylic acids is 1. The Kier molecular flexibility index (Phi) is 4.56. The van der Waals surface area contributed by atoms with Crippen LogP contribution in [0.3, 0.4) is 0 Å². The molecule has 0 saturated carbocycles. The van der Waals surface area contributed by atoms with Crippen LogP contribution in [0.1, 0.15) is 24.0 Å². The molecule has 6 heteroatoms. The van der Waals surface area contributed by atoms with Crippen molar-refractivity contribution in [2.75, 3.05) is 24.5 Å². The minimum absolute atomic E-state index is 0.0134. The Balaban J connectivity index is 1.49. The maximum absolute atomic E-state index is 12.8. The fraction of sp³-hybridized carbons (Fsp3) is 0.381. The Morgan fingerprint density at radius 3 is 2.41 bits per heavy atom. The van der Waals surface area contributed by atoms with Gasteiger partial charge in [0.25, 0.3) is 0 Å². The summed E-state index contributed by atoms with van der Waals surface area (Å²) in [5.74, 6) is 0.0978. The van der Waals surface area contributed by atoms with Gasteiger partial charge in [0, 0.05) is 37.2 Å². The lowest BCUT2D eigenvalue weighted by Gasteiger charge is -2.24. The number of anilines is 1. The lowest BCUT2D eigenvalue weighted by Crippen LogP contribution is -2.34. The molecule has 1 amide bonds. The molecule has 1 spiro atoms. The molecule has 2 aromatic rings. The zero-order valence-corrected chi connectivity index (χ0v) is 16.3. The van der Waals surface area contributed by atoms with Gasteiger partial charge in [-0.2, -0.15) is 0 Å². The van der Waals surface area contributed by atoms with E-state index in [-0.39, 0.29) is 17.1 Å². The maximum atomic E-state index is 12.8. The molecule has 2 aliphatic heterocycles. The minimum Gasteiger partial charge on any atom is -0.312 e. The lowest BCUT2D eigenvalue weighted by atomic mass is 9.86. The molecule has 2 fully saturated rings. The summed E-state index contributed by atoms with van der Waals surface area (Å²) in [6.45, 7) is 3.52. The number of aryl methyl sites for hydroxylation is 1. The standard InChI is InChI=1S/C21H24N2O3S/c1-17-7-9-19(10-8-17)23-16-21(13-20(23)24)11-12-22(15-21)27(25,26)14-18-5-3-2-4-6-18/h2-10H,11-16H2,1H3. The topological polar surface area (TPSA) is 57.7 Å². The van der Waals surface area contributed by atoms with Crippen molar-refractivity contribution in [3.63, 3.8) is 0 Å². The van der Waals surface area contributed by atoms with Crippen LogP contribution in [0.2, 0.25) is 0 Å². The quantitative estimate of drug-likeness (QED) is 0.814. The minimum atomic E-state index is -3.38. The number of hydrogen-bond donors (Lipinski definition) is 0. The van der Waals surface area contributed by atoms with E-state index in [0.29, 0.717) is 26.1 Å². The zero-order chi connectivity index (χ0) is 19.1. The largest absolute Gasteiger partial charge is 0.312 e. The van der Waals surface area contributed by atoms with Crippen molar-refractivity contribution in [1.29, 1.82) is 0 Å². The van der Waals surface area contributed by atoms with Gasteiger partial charge in [-0.1, -0.05) is 48.0 Å². The van der Waals surface area contributed by atoms with Gasteiger partial charge in [0.05, 0.1) is 5.75 Å². The molecular weight excluding hydrogens is 360 g/mol. The summed E-state index contributed by atoms with van der Waals surface area (Å²) in [5.41, 5.74) is 2.57. The third kappa shape index (κ3) is 3.64. The highest BCUT2D eigenvalue weighted by Gasteiger charge is 2.50. The van der Waals surface area contributed by atoms with Gasteiger partial charge in [-0.3, -0.25) is 4.79 Å². The summed E-state index contributed by atoms with van der Waals surface area (Å²) < 4.78 is 27.3. The van der Waals surface area contributed by atoms with E-state index in [4.69, 9.17) is 0 Å². The van der Waals surface area contributed by atoms with Gasteiger partial charge < -0.3 is 4.90 Å². The first-order valence-electron chi connectivity index (χ1n) is 9.26. The summed E-state index contributed by atoms with van der Waals surface area (Å²) >= 11 is 0. The van der Waals surface area contributed by atoms with Gasteiger partial charge in [0.15, 0.2) is 0 Å². The van der Waals surface area contributed by atoms with Crippen molar-refractivity contribution in [1.82, 2.24) is 4.31 Å². The number of benzene rings is 2. The number of sulfonamides is 1. The van der Waals surface area contributed by atoms with Crippen molar-refractivity contribution in [2.24, 2.45) is 5.41 Å². The molecule has 27 heavy (non-hydrogen) atoms. The third-order valence-electron chi connectivity index (χ3n) is 5.66. The summed E-state index contributed by atoms with van der Waals surface area (Å²) in [6, 6.07) is 17.2. The summed E-state index contributed by atoms with van der Waals surface area (Å²) in [5, 5.41) is 0. The van der Waals surface area contributed by atoms with E-state index in [2.05, 4.69) is 0 Å². The number of carbonyl (C=O) groups is 1. The highest BCUT2D eigenvalue weighted by Crippen LogP contribution is 2.42. The summed E-state index contributed by atoms with van der Waals surface area (Å²) in [7, 11) is -3.38. The van der Waals surface area contributed by atoms with Crippen molar-refractivity contribution in [3.8, 4) is 0 Å². The fourth-order valence-corrected chi connectivity index (χ4v) is 5.77. The predicted octanol–water partition coefficient (Wildman–Crippen LogP) is 2.95. The molecule has 1 unspecified atom stereocenters. The Bertz CT molecular complexity index is 941. The first kappa shape index (κ1) is 18.2. The highest BCUT2D eigenvalue weighted by atomic mass is 32.2. The first-order valence-corrected chi connectivity index (χ1v) is 10.9. The zero-order valence-electron chi connectivity index (χ0n) is 15.5. The molecule has 142 valence electrons. The van der Waals surface area contributed by atoms with Crippen LogP contribution in [0.5, 0.6) is 0 Å². The van der Waals surface area contributed by atoms with Gasteiger partial charge in [0.2, 0.25) is 15.9 Å². The van der Waals surface area contributed by atoms with Gasteiger partial charge in [-0.15, -0.1) is 0 Å². The number of amides is 1. The first-order chi connectivity index (χ1) is 12.9. The Morgan fingerprint density at radius 1 is 1.00 bits per heavy atom. The third-order valence-corrected chi connectivity index (χ3v) is 7.45. The van der Waals surface area contributed by atoms with E-state index >= 15 is 0 Å². The number of nitrogens with zero attached hydrogens (tertiary/aromatic N) is 2. The van der Waals surface area contributed by atoms with E-state index in [9.17, 15) is 13.2 Å². The van der Waals surface area contributed by atoms with E-state index in [1.54, 1.807) is 4.31 Å². The molecule has 0 aliphatic carbocycles. The molecule has 0 aromatic heterocycles. The smallest absolute Gasteiger partial charge is 0.227 e. The molecule has 4 rings (SSSR count). The van der Waals surface area contributed by atoms with Gasteiger partial charge in [0.1, 0.15) is 0 Å². The van der Waals surface area contributed by atoms with Crippen molar-refractivity contribution < 1.29 is 13.2 Å². The van der Waals surface area contributed by atoms with Crippen LogP contribution in [0.25, 0.3) is 0 Å². The summed E-state index contributed by atoms with van der Waals surface area (Å²) in [6.07, 6.45) is 1.15. The number of rotatable bonds is 4. The molecule has 0 radical (unpaired) electrons. The van der Waals surface area contributed by atoms with Crippen LogP contribution < -0.4 is 4.90 Å². The van der Waals surface area contributed by atoms with Crippen LogP contribution >= 0.6 is 0 Å². The van der Waals surface area contributed by atoms with Gasteiger partial charge in [-0.25, -0.2) is 12.7 Å². The van der Waals surface area contributed by atoms with E-state index in [1.807, 2.05) is 66.4 Å². The van der Waals surface area contributed by atoms with Crippen LogP contribution in [0.4, 0.5) is 5.69 Å². The molecule has 0 N–H and O–H groups in total. The highest BCUT2D eigenvalue weighted by molar-refractivity contribution is 7.88. The molecule has 2 aliphatic rings. The predicted molar refractivity (Wildman–Crippen MR) is 106 cm³/mol. The average Bonchev–Trinajstić information content (AvgIpc) is 3.20. The van der Waals surface area contributed by atoms with E-state index in [0.717, 1.165) is 23.2 Å². The molecule has 5 nitrogen and oxygen atoms in total. The van der Waals surface area contributed by atoms with Crippen molar-refractivity contribution in [2.45, 2.75) is 25.5 Å². The molecular formula is C21H24N2O3S. The van der Waals surface area contributed by atoms with Crippen LogP contribution in [0, 0.1) is 12.3 Å². The van der Waals surface area contributed by atoms with Crippen LogP contribution in [-0.4, -0.2) is 38.3 Å². The molecule has 0 bridgehead atoms. The lowest BCUT2D eigenvalue weighted by molar-refractivity contribution is -0.117. The maximum Gasteiger partial charge on any atom is 0.227 e. The van der Waals surface area contributed by atoms with Crippen molar-refractivity contribution in [3.05, 3.63) is 65.7 Å². The monoisotopic (exact) mass is 384 g/mol. The molecule has 2 saturated heterocycles. The second kappa shape index (κ2) is 6.77. The normalized spacial score (nSPS) is 23.4.